The fraction of sp³-hybridized carbons (Fsp3) is 0.625. The van der Waals surface area contributed by atoms with Crippen LogP contribution in [0.15, 0.2) is 33.8 Å². The molecule has 1 aliphatic heterocycles. The maximum Gasteiger partial charge on any atom is 0.257 e. The van der Waals surface area contributed by atoms with E-state index >= 15 is 0 Å². The number of nitrogens with one attached hydrogen (secondary N) is 2. The number of benzene rings is 1. The maximum atomic E-state index is 5.51. The summed E-state index contributed by atoms with van der Waals surface area (Å²) in [6, 6.07) is 8.74. The average Bonchev–Trinajstić information content (AvgIpc) is 3.29. The molecule has 1 aromatic carbocycles. The lowest BCUT2D eigenvalue weighted by molar-refractivity contribution is 0.00867. The molecule has 1 aliphatic rings. The quantitative estimate of drug-likeness (QED) is 0.432. The van der Waals surface area contributed by atoms with Gasteiger partial charge in [-0.05, 0) is 37.0 Å². The second-order valence-electron chi connectivity index (χ2n) is 8.42. The van der Waals surface area contributed by atoms with E-state index in [-0.39, 0.29) is 0 Å². The largest absolute Gasteiger partial charge is 0.379 e. The first-order valence-electron chi connectivity index (χ1n) is 11.9. The lowest BCUT2D eigenvalue weighted by Crippen LogP contribution is -2.48. The third kappa shape index (κ3) is 7.03. The summed E-state index contributed by atoms with van der Waals surface area (Å²) in [4.78, 5) is 11.8. The fourth-order valence-corrected chi connectivity index (χ4v) is 3.84. The van der Waals surface area contributed by atoms with Crippen LogP contribution in [0.5, 0.6) is 0 Å². The molecule has 3 rings (SSSR count). The molecule has 0 amide bonds. The van der Waals surface area contributed by atoms with E-state index in [4.69, 9.17) is 14.3 Å². The number of guanidine groups is 1. The predicted molar refractivity (Wildman–Crippen MR) is 128 cm³/mol. The third-order valence-electron chi connectivity index (χ3n) is 5.76. The van der Waals surface area contributed by atoms with E-state index in [9.17, 15) is 0 Å². The number of hydrogen-bond acceptors (Lipinski definition) is 6. The van der Waals surface area contributed by atoms with Crippen molar-refractivity contribution in [2.24, 2.45) is 10.9 Å². The van der Waals surface area contributed by atoms with Gasteiger partial charge >= 0.3 is 0 Å². The van der Waals surface area contributed by atoms with Gasteiger partial charge in [0.05, 0.1) is 19.8 Å². The van der Waals surface area contributed by atoms with Crippen molar-refractivity contribution in [2.75, 3.05) is 45.9 Å². The van der Waals surface area contributed by atoms with E-state index < -0.39 is 0 Å². The van der Waals surface area contributed by atoms with Gasteiger partial charge in [0.15, 0.2) is 11.8 Å². The smallest absolute Gasteiger partial charge is 0.257 e. The number of nitrogens with zero attached hydrogens (tertiary/aromatic N) is 4. The molecule has 1 atom stereocenters. The Labute approximate surface area is 191 Å². The molecule has 32 heavy (non-hydrogen) atoms. The highest BCUT2D eigenvalue weighted by Gasteiger charge is 2.23. The summed E-state index contributed by atoms with van der Waals surface area (Å²) in [7, 11) is 0. The lowest BCUT2D eigenvalue weighted by atomic mass is 10.0. The van der Waals surface area contributed by atoms with Crippen molar-refractivity contribution in [1.29, 1.82) is 0 Å². The number of morpholine rings is 1. The van der Waals surface area contributed by atoms with Crippen LogP contribution in [0, 0.1) is 5.92 Å². The minimum absolute atomic E-state index is 0.430. The highest BCUT2D eigenvalue weighted by atomic mass is 16.5. The van der Waals surface area contributed by atoms with Crippen LogP contribution < -0.4 is 10.6 Å². The topological polar surface area (TPSA) is 87.8 Å². The third-order valence-corrected chi connectivity index (χ3v) is 5.76. The first-order chi connectivity index (χ1) is 15.6. The zero-order chi connectivity index (χ0) is 22.8. The molecular weight excluding hydrogens is 404 g/mol. The Morgan fingerprint density at radius 1 is 1.12 bits per heavy atom. The minimum atomic E-state index is 0.430. The highest BCUT2D eigenvalue weighted by molar-refractivity contribution is 5.79. The Hall–Kier alpha value is -2.45. The van der Waals surface area contributed by atoms with Crippen molar-refractivity contribution in [2.45, 2.75) is 46.6 Å². The predicted octanol–water partition coefficient (Wildman–Crippen LogP) is 2.75. The molecule has 0 aliphatic carbocycles. The molecule has 1 unspecified atom stereocenters. The van der Waals surface area contributed by atoms with E-state index in [0.29, 0.717) is 17.9 Å². The van der Waals surface area contributed by atoms with Gasteiger partial charge < -0.3 is 19.9 Å². The van der Waals surface area contributed by atoms with Crippen molar-refractivity contribution in [1.82, 2.24) is 25.7 Å². The zero-order valence-electron chi connectivity index (χ0n) is 19.9. The summed E-state index contributed by atoms with van der Waals surface area (Å²) in [5.74, 6) is 2.73. The molecule has 8 nitrogen and oxygen atoms in total. The Morgan fingerprint density at radius 2 is 1.88 bits per heavy atom. The molecule has 1 aromatic heterocycles. The molecule has 2 aromatic rings. The fourth-order valence-electron chi connectivity index (χ4n) is 3.84. The number of aryl methyl sites for hydroxylation is 1. The first kappa shape index (κ1) is 24.2. The summed E-state index contributed by atoms with van der Waals surface area (Å²) in [6.45, 7) is 14.7. The van der Waals surface area contributed by atoms with Crippen LogP contribution >= 0.6 is 0 Å². The summed E-state index contributed by atoms with van der Waals surface area (Å²) in [5.41, 5.74) is 2.20. The van der Waals surface area contributed by atoms with Gasteiger partial charge in [-0.3, -0.25) is 9.89 Å². The number of ether oxygens (including phenoxy) is 1. The van der Waals surface area contributed by atoms with Crippen LogP contribution in [0.3, 0.4) is 0 Å². The molecule has 2 N–H and O–H groups in total. The highest BCUT2D eigenvalue weighted by Crippen LogP contribution is 2.18. The van der Waals surface area contributed by atoms with Gasteiger partial charge in [-0.25, -0.2) is 0 Å². The Bertz CT molecular complexity index is 827. The van der Waals surface area contributed by atoms with Crippen molar-refractivity contribution in [3.05, 3.63) is 35.7 Å². The Morgan fingerprint density at radius 3 is 2.50 bits per heavy atom. The average molecular weight is 443 g/mol. The SMILES string of the molecule is CCNC(=NCC(C(C)C)N1CCOCC1)NCCc1ccc(-c2nc(CC)no2)cc1. The van der Waals surface area contributed by atoms with Crippen molar-refractivity contribution in [3.63, 3.8) is 0 Å². The first-order valence-corrected chi connectivity index (χ1v) is 11.9. The van der Waals surface area contributed by atoms with Crippen LogP contribution in [0.25, 0.3) is 11.5 Å². The monoisotopic (exact) mass is 442 g/mol. The van der Waals surface area contributed by atoms with Crippen molar-refractivity contribution in [3.8, 4) is 11.5 Å². The standard InChI is InChI=1S/C24H38N6O2/c1-5-22-28-23(32-29-22)20-9-7-19(8-10-20)11-12-26-24(25-6-2)27-17-21(18(3)4)30-13-15-31-16-14-30/h7-10,18,21H,5-6,11-17H2,1-4H3,(H2,25,26,27). The van der Waals surface area contributed by atoms with Gasteiger partial charge in [-0.15, -0.1) is 0 Å². The van der Waals surface area contributed by atoms with E-state index in [0.717, 1.165) is 76.1 Å². The molecule has 1 saturated heterocycles. The molecule has 2 heterocycles. The second kappa shape index (κ2) is 12.6. The number of aromatic nitrogens is 2. The molecule has 8 heteroatoms. The van der Waals surface area contributed by atoms with Crippen LogP contribution in [-0.4, -0.2) is 73.0 Å². The van der Waals surface area contributed by atoms with Crippen LogP contribution in [0.2, 0.25) is 0 Å². The van der Waals surface area contributed by atoms with E-state index in [1.54, 1.807) is 0 Å². The van der Waals surface area contributed by atoms with Gasteiger partial charge in [-0.2, -0.15) is 4.98 Å². The van der Waals surface area contributed by atoms with E-state index in [1.165, 1.54) is 5.56 Å². The molecule has 0 spiro atoms. The van der Waals surface area contributed by atoms with Gasteiger partial charge in [0, 0.05) is 44.2 Å². The van der Waals surface area contributed by atoms with E-state index in [1.807, 2.05) is 19.1 Å². The van der Waals surface area contributed by atoms with Gasteiger partial charge in [0.25, 0.3) is 5.89 Å². The van der Waals surface area contributed by atoms with Gasteiger partial charge in [-0.1, -0.05) is 38.1 Å². The summed E-state index contributed by atoms with van der Waals surface area (Å²) in [5, 5.41) is 10.8. The molecule has 0 saturated carbocycles. The molecule has 0 bridgehead atoms. The molecule has 1 fully saturated rings. The summed E-state index contributed by atoms with van der Waals surface area (Å²) < 4.78 is 10.8. The number of rotatable bonds is 10. The molecule has 176 valence electrons. The Balaban J connectivity index is 1.52. The number of aliphatic imine (C=N–C) groups is 1. The summed E-state index contributed by atoms with van der Waals surface area (Å²) >= 11 is 0. The van der Waals surface area contributed by atoms with Gasteiger partial charge in [0.2, 0.25) is 0 Å². The molecular formula is C24H38N6O2. The maximum absolute atomic E-state index is 5.51. The van der Waals surface area contributed by atoms with Crippen molar-refractivity contribution < 1.29 is 9.26 Å². The zero-order valence-corrected chi connectivity index (χ0v) is 19.9. The van der Waals surface area contributed by atoms with E-state index in [2.05, 4.69) is 58.6 Å². The normalized spacial score (nSPS) is 16.3. The Kier molecular flexibility index (Phi) is 9.49. The number of hydrogen-bond donors (Lipinski definition) is 2. The second-order valence-corrected chi connectivity index (χ2v) is 8.42. The van der Waals surface area contributed by atoms with Crippen molar-refractivity contribution >= 4 is 5.96 Å². The van der Waals surface area contributed by atoms with Gasteiger partial charge in [0.1, 0.15) is 0 Å². The summed E-state index contributed by atoms with van der Waals surface area (Å²) in [6.07, 6.45) is 1.68. The van der Waals surface area contributed by atoms with Crippen LogP contribution in [0.4, 0.5) is 0 Å². The van der Waals surface area contributed by atoms with Crippen LogP contribution in [0.1, 0.15) is 39.1 Å². The molecule has 0 radical (unpaired) electrons. The van der Waals surface area contributed by atoms with Crippen LogP contribution in [-0.2, 0) is 17.6 Å². The minimum Gasteiger partial charge on any atom is -0.379 e. The lowest BCUT2D eigenvalue weighted by Gasteiger charge is -2.36.